The van der Waals surface area contributed by atoms with Gasteiger partial charge >= 0.3 is 0 Å². The summed E-state index contributed by atoms with van der Waals surface area (Å²) >= 11 is 0. The predicted octanol–water partition coefficient (Wildman–Crippen LogP) is 1.65. The lowest BCUT2D eigenvalue weighted by Crippen LogP contribution is -2.01. The van der Waals surface area contributed by atoms with Crippen molar-refractivity contribution in [3.8, 4) is 0 Å². The molecule has 0 spiro atoms. The molecule has 0 atom stereocenters. The molecule has 0 radical (unpaired) electrons. The summed E-state index contributed by atoms with van der Waals surface area (Å²) in [6, 6.07) is 2.60. The zero-order chi connectivity index (χ0) is 10.6. The summed E-state index contributed by atoms with van der Waals surface area (Å²) in [5.41, 5.74) is 0.745. The SMILES string of the molecule is COCc1cc(F)c(F)c(CCO)c1. The third-order valence-electron chi connectivity index (χ3n) is 1.86. The maximum absolute atomic E-state index is 13.1. The molecule has 1 N–H and O–H groups in total. The second-order valence-corrected chi connectivity index (χ2v) is 2.96. The van der Waals surface area contributed by atoms with Crippen LogP contribution in [0.1, 0.15) is 11.1 Å². The first-order chi connectivity index (χ1) is 6.69. The average molecular weight is 202 g/mol. The maximum atomic E-state index is 13.1. The first-order valence-electron chi connectivity index (χ1n) is 4.25. The topological polar surface area (TPSA) is 29.5 Å². The van der Waals surface area contributed by atoms with Crippen LogP contribution in [0.15, 0.2) is 12.1 Å². The van der Waals surface area contributed by atoms with Crippen LogP contribution in [0.4, 0.5) is 8.78 Å². The minimum Gasteiger partial charge on any atom is -0.396 e. The number of aliphatic hydroxyl groups is 1. The molecule has 1 aromatic rings. The van der Waals surface area contributed by atoms with Gasteiger partial charge in [-0.3, -0.25) is 0 Å². The molecule has 0 heterocycles. The normalized spacial score (nSPS) is 10.6. The molecular formula is C10H12F2O2. The lowest BCUT2D eigenvalue weighted by Gasteiger charge is -2.06. The Morgan fingerprint density at radius 3 is 2.64 bits per heavy atom. The van der Waals surface area contributed by atoms with Gasteiger partial charge in [0.05, 0.1) is 6.61 Å². The summed E-state index contributed by atoms with van der Waals surface area (Å²) in [5.74, 6) is -1.79. The van der Waals surface area contributed by atoms with Crippen molar-refractivity contribution in [2.75, 3.05) is 13.7 Å². The van der Waals surface area contributed by atoms with E-state index in [0.717, 1.165) is 6.07 Å². The lowest BCUT2D eigenvalue weighted by atomic mass is 10.1. The first kappa shape index (κ1) is 11.1. The van der Waals surface area contributed by atoms with Gasteiger partial charge in [0.25, 0.3) is 0 Å². The molecule has 0 amide bonds. The van der Waals surface area contributed by atoms with Crippen LogP contribution in [0.5, 0.6) is 0 Å². The molecule has 4 heteroatoms. The van der Waals surface area contributed by atoms with Crippen molar-refractivity contribution in [3.05, 3.63) is 34.9 Å². The fourth-order valence-corrected chi connectivity index (χ4v) is 1.26. The molecule has 1 aromatic carbocycles. The molecule has 14 heavy (non-hydrogen) atoms. The zero-order valence-electron chi connectivity index (χ0n) is 7.89. The summed E-state index contributed by atoms with van der Waals surface area (Å²) in [5, 5.41) is 8.64. The van der Waals surface area contributed by atoms with E-state index in [0.29, 0.717) is 5.56 Å². The highest BCUT2D eigenvalue weighted by atomic mass is 19.2. The van der Waals surface area contributed by atoms with Crippen molar-refractivity contribution in [2.24, 2.45) is 0 Å². The second-order valence-electron chi connectivity index (χ2n) is 2.96. The first-order valence-corrected chi connectivity index (χ1v) is 4.25. The standard InChI is InChI=1S/C10H12F2O2/c1-14-6-7-4-8(2-3-13)10(12)9(11)5-7/h4-5,13H,2-3,6H2,1H3. The molecule has 0 saturated carbocycles. The summed E-state index contributed by atoms with van der Waals surface area (Å²) in [6.07, 6.45) is 0.111. The fraction of sp³-hybridized carbons (Fsp3) is 0.400. The number of rotatable bonds is 4. The van der Waals surface area contributed by atoms with E-state index in [1.54, 1.807) is 0 Å². The molecule has 0 fully saturated rings. The van der Waals surface area contributed by atoms with Gasteiger partial charge < -0.3 is 9.84 Å². The molecule has 1 rings (SSSR count). The number of hydrogen-bond donors (Lipinski definition) is 1. The number of hydrogen-bond acceptors (Lipinski definition) is 2. The number of methoxy groups -OCH3 is 1. The Kier molecular flexibility index (Phi) is 3.98. The van der Waals surface area contributed by atoms with Gasteiger partial charge in [-0.2, -0.15) is 0 Å². The predicted molar refractivity (Wildman–Crippen MR) is 47.9 cm³/mol. The van der Waals surface area contributed by atoms with Gasteiger partial charge in [0.2, 0.25) is 0 Å². The smallest absolute Gasteiger partial charge is 0.162 e. The lowest BCUT2D eigenvalue weighted by molar-refractivity contribution is 0.184. The van der Waals surface area contributed by atoms with E-state index in [9.17, 15) is 8.78 Å². The number of halogens is 2. The van der Waals surface area contributed by atoms with E-state index in [1.807, 2.05) is 0 Å². The van der Waals surface area contributed by atoms with Crippen LogP contribution < -0.4 is 0 Å². The fourth-order valence-electron chi connectivity index (χ4n) is 1.26. The molecular weight excluding hydrogens is 190 g/mol. The van der Waals surface area contributed by atoms with E-state index < -0.39 is 11.6 Å². The van der Waals surface area contributed by atoms with Crippen molar-refractivity contribution in [3.63, 3.8) is 0 Å². The number of aliphatic hydroxyl groups excluding tert-OH is 1. The summed E-state index contributed by atoms with van der Waals surface area (Å²) in [6.45, 7) is 0.0302. The van der Waals surface area contributed by atoms with Crippen LogP contribution in [0.25, 0.3) is 0 Å². The monoisotopic (exact) mass is 202 g/mol. The summed E-state index contributed by atoms with van der Waals surface area (Å²) in [4.78, 5) is 0. The van der Waals surface area contributed by atoms with Gasteiger partial charge in [-0.25, -0.2) is 8.78 Å². The highest BCUT2D eigenvalue weighted by molar-refractivity contribution is 5.26. The highest BCUT2D eigenvalue weighted by Crippen LogP contribution is 2.16. The molecule has 2 nitrogen and oxygen atoms in total. The number of ether oxygens (including phenoxy) is 1. The van der Waals surface area contributed by atoms with Gasteiger partial charge in [0.15, 0.2) is 11.6 Å². The molecule has 78 valence electrons. The van der Waals surface area contributed by atoms with Crippen LogP contribution in [0.2, 0.25) is 0 Å². The Labute approximate surface area is 81.1 Å². The Bertz CT molecular complexity index is 313. The molecule has 0 aliphatic heterocycles. The van der Waals surface area contributed by atoms with E-state index in [-0.39, 0.29) is 25.2 Å². The molecule has 0 aliphatic carbocycles. The Balaban J connectivity index is 3.01. The van der Waals surface area contributed by atoms with Gasteiger partial charge in [-0.1, -0.05) is 6.07 Å². The average Bonchev–Trinajstić information content (AvgIpc) is 2.14. The van der Waals surface area contributed by atoms with Crippen LogP contribution in [-0.2, 0) is 17.8 Å². The molecule has 0 saturated heterocycles. The minimum atomic E-state index is -0.900. The van der Waals surface area contributed by atoms with Crippen molar-refractivity contribution in [1.82, 2.24) is 0 Å². The van der Waals surface area contributed by atoms with Crippen LogP contribution in [0, 0.1) is 11.6 Å². The summed E-state index contributed by atoms with van der Waals surface area (Å²) < 4.78 is 30.9. The largest absolute Gasteiger partial charge is 0.396 e. The Morgan fingerprint density at radius 1 is 1.36 bits per heavy atom. The molecule has 0 bridgehead atoms. The minimum absolute atomic E-state index is 0.111. The second kappa shape index (κ2) is 5.02. The van der Waals surface area contributed by atoms with Crippen LogP contribution in [0.3, 0.4) is 0 Å². The molecule has 0 aliphatic rings. The zero-order valence-corrected chi connectivity index (χ0v) is 7.89. The van der Waals surface area contributed by atoms with Crippen molar-refractivity contribution >= 4 is 0 Å². The van der Waals surface area contributed by atoms with E-state index in [2.05, 4.69) is 0 Å². The van der Waals surface area contributed by atoms with Gasteiger partial charge in [0, 0.05) is 13.7 Å². The quantitative estimate of drug-likeness (QED) is 0.804. The van der Waals surface area contributed by atoms with Gasteiger partial charge in [-0.05, 0) is 23.6 Å². The van der Waals surface area contributed by atoms with E-state index in [1.165, 1.54) is 13.2 Å². The van der Waals surface area contributed by atoms with Gasteiger partial charge in [0.1, 0.15) is 0 Å². The Morgan fingerprint density at radius 2 is 2.07 bits per heavy atom. The van der Waals surface area contributed by atoms with Gasteiger partial charge in [-0.15, -0.1) is 0 Å². The summed E-state index contributed by atoms with van der Waals surface area (Å²) in [7, 11) is 1.48. The number of benzene rings is 1. The molecule has 0 aromatic heterocycles. The maximum Gasteiger partial charge on any atom is 0.162 e. The van der Waals surface area contributed by atoms with E-state index >= 15 is 0 Å². The molecule has 0 unspecified atom stereocenters. The van der Waals surface area contributed by atoms with Crippen LogP contribution >= 0.6 is 0 Å². The van der Waals surface area contributed by atoms with E-state index in [4.69, 9.17) is 9.84 Å². The highest BCUT2D eigenvalue weighted by Gasteiger charge is 2.09. The van der Waals surface area contributed by atoms with Crippen molar-refractivity contribution < 1.29 is 18.6 Å². The van der Waals surface area contributed by atoms with Crippen molar-refractivity contribution in [2.45, 2.75) is 13.0 Å². The van der Waals surface area contributed by atoms with Crippen LogP contribution in [-0.4, -0.2) is 18.8 Å². The Hall–Kier alpha value is -1.00. The third kappa shape index (κ3) is 2.49. The van der Waals surface area contributed by atoms with Crippen molar-refractivity contribution in [1.29, 1.82) is 0 Å². The third-order valence-corrected chi connectivity index (χ3v) is 1.86.